The van der Waals surface area contributed by atoms with E-state index in [-0.39, 0.29) is 5.92 Å². The third-order valence-corrected chi connectivity index (χ3v) is 2.30. The second-order valence-corrected chi connectivity index (χ2v) is 5.78. The summed E-state index contributed by atoms with van der Waals surface area (Å²) in [6, 6.07) is -1.33. The highest BCUT2D eigenvalue weighted by molar-refractivity contribution is 5.87. The van der Waals surface area contributed by atoms with Crippen molar-refractivity contribution < 1.29 is 19.1 Å². The second-order valence-electron chi connectivity index (χ2n) is 5.78. The van der Waals surface area contributed by atoms with Gasteiger partial charge in [0, 0.05) is 0 Å². The Morgan fingerprint density at radius 1 is 1.11 bits per heavy atom. The van der Waals surface area contributed by atoms with Crippen molar-refractivity contribution in [2.75, 3.05) is 0 Å². The summed E-state index contributed by atoms with van der Waals surface area (Å²) in [7, 11) is 0. The highest BCUT2D eigenvalue weighted by atomic mass is 16.6. The fraction of sp³-hybridized carbons (Fsp3) is 0.769. The van der Waals surface area contributed by atoms with Gasteiger partial charge < -0.3 is 20.2 Å². The van der Waals surface area contributed by atoms with Crippen molar-refractivity contribution in [1.29, 1.82) is 0 Å². The minimum absolute atomic E-state index is 0.00447. The molecule has 19 heavy (non-hydrogen) atoms. The van der Waals surface area contributed by atoms with E-state index in [1.165, 1.54) is 6.92 Å². The summed E-state index contributed by atoms with van der Waals surface area (Å²) in [6.07, 6.45) is 0.0188. The van der Waals surface area contributed by atoms with Crippen molar-refractivity contribution >= 4 is 18.3 Å². The summed E-state index contributed by atoms with van der Waals surface area (Å²) >= 11 is 0. The average Bonchev–Trinajstić information content (AvgIpc) is 2.21. The van der Waals surface area contributed by atoms with Crippen LogP contribution in [0.2, 0.25) is 0 Å². The molecule has 0 aliphatic heterocycles. The topological polar surface area (TPSA) is 84.5 Å². The van der Waals surface area contributed by atoms with Crippen LogP contribution in [0.15, 0.2) is 0 Å². The van der Waals surface area contributed by atoms with E-state index in [1.54, 1.807) is 20.8 Å². The lowest BCUT2D eigenvalue weighted by Crippen LogP contribution is -2.50. The van der Waals surface area contributed by atoms with Crippen LogP contribution in [0.5, 0.6) is 0 Å². The van der Waals surface area contributed by atoms with E-state index in [9.17, 15) is 14.4 Å². The van der Waals surface area contributed by atoms with Gasteiger partial charge in [-0.3, -0.25) is 4.79 Å². The predicted octanol–water partition coefficient (Wildman–Crippen LogP) is 1.24. The van der Waals surface area contributed by atoms with Crippen LogP contribution >= 0.6 is 0 Å². The molecule has 0 radical (unpaired) electrons. The summed E-state index contributed by atoms with van der Waals surface area (Å²) in [5, 5.41) is 4.97. The van der Waals surface area contributed by atoms with Crippen molar-refractivity contribution in [1.82, 2.24) is 10.6 Å². The number of aldehydes is 1. The summed E-state index contributed by atoms with van der Waals surface area (Å²) in [5.74, 6) is -0.424. The fourth-order valence-electron chi connectivity index (χ4n) is 1.20. The Morgan fingerprint density at radius 3 is 2.00 bits per heavy atom. The first-order valence-corrected chi connectivity index (χ1v) is 6.32. The second kappa shape index (κ2) is 7.11. The Kier molecular flexibility index (Phi) is 6.52. The molecule has 0 fully saturated rings. The van der Waals surface area contributed by atoms with E-state index in [2.05, 4.69) is 10.6 Å². The van der Waals surface area contributed by atoms with E-state index in [1.807, 2.05) is 13.8 Å². The lowest BCUT2D eigenvalue weighted by atomic mass is 10.1. The molecule has 2 amide bonds. The van der Waals surface area contributed by atoms with Gasteiger partial charge in [0.2, 0.25) is 5.91 Å². The van der Waals surface area contributed by atoms with Gasteiger partial charge in [-0.1, -0.05) is 13.8 Å². The van der Waals surface area contributed by atoms with Gasteiger partial charge in [-0.05, 0) is 33.6 Å². The standard InChI is InChI=1S/C13H24N2O4/c1-8(2)10(7-16)15-11(17)9(3)14-12(18)19-13(4,5)6/h7-10H,1-6H3,(H,14,18)(H,15,17)/t9-,10+/m0/s1. The van der Waals surface area contributed by atoms with Gasteiger partial charge in [0.15, 0.2) is 0 Å². The molecular weight excluding hydrogens is 248 g/mol. The molecule has 0 rings (SSSR count). The van der Waals surface area contributed by atoms with Gasteiger partial charge in [0.25, 0.3) is 0 Å². The van der Waals surface area contributed by atoms with E-state index in [0.29, 0.717) is 6.29 Å². The summed E-state index contributed by atoms with van der Waals surface area (Å²) in [6.45, 7) is 10.4. The molecule has 0 unspecified atom stereocenters. The van der Waals surface area contributed by atoms with Crippen LogP contribution in [0.1, 0.15) is 41.5 Å². The van der Waals surface area contributed by atoms with Gasteiger partial charge in [-0.15, -0.1) is 0 Å². The van der Waals surface area contributed by atoms with Gasteiger partial charge in [-0.25, -0.2) is 4.79 Å². The highest BCUT2D eigenvalue weighted by Crippen LogP contribution is 2.06. The third kappa shape index (κ3) is 7.43. The SMILES string of the molecule is CC(C)[C@@H](C=O)NC(=O)[C@H](C)NC(=O)OC(C)(C)C. The Balaban J connectivity index is 4.35. The Hall–Kier alpha value is -1.59. The predicted molar refractivity (Wildman–Crippen MR) is 71.7 cm³/mol. The number of hydrogen-bond donors (Lipinski definition) is 2. The molecule has 2 N–H and O–H groups in total. The number of nitrogens with one attached hydrogen (secondary N) is 2. The molecule has 0 saturated carbocycles. The van der Waals surface area contributed by atoms with Gasteiger partial charge in [0.05, 0.1) is 6.04 Å². The van der Waals surface area contributed by atoms with E-state index < -0.39 is 29.7 Å². The summed E-state index contributed by atoms with van der Waals surface area (Å²) in [5.41, 5.74) is -0.621. The average molecular weight is 272 g/mol. The molecule has 0 aromatic rings. The molecule has 6 nitrogen and oxygen atoms in total. The van der Waals surface area contributed by atoms with E-state index >= 15 is 0 Å². The molecule has 0 saturated heterocycles. The monoisotopic (exact) mass is 272 g/mol. The summed E-state index contributed by atoms with van der Waals surface area (Å²) < 4.78 is 5.04. The normalized spacial score (nSPS) is 14.5. The zero-order valence-corrected chi connectivity index (χ0v) is 12.4. The van der Waals surface area contributed by atoms with Crippen LogP contribution in [-0.4, -0.2) is 36.0 Å². The van der Waals surface area contributed by atoms with Gasteiger partial charge in [0.1, 0.15) is 17.9 Å². The smallest absolute Gasteiger partial charge is 0.408 e. The quantitative estimate of drug-likeness (QED) is 0.737. The van der Waals surface area contributed by atoms with Crippen molar-refractivity contribution in [3.05, 3.63) is 0 Å². The van der Waals surface area contributed by atoms with Crippen LogP contribution in [0, 0.1) is 5.92 Å². The van der Waals surface area contributed by atoms with E-state index in [0.717, 1.165) is 0 Å². The summed E-state index contributed by atoms with van der Waals surface area (Å²) in [4.78, 5) is 34.0. The first kappa shape index (κ1) is 17.4. The molecule has 0 heterocycles. The molecule has 2 atom stereocenters. The maximum Gasteiger partial charge on any atom is 0.408 e. The van der Waals surface area contributed by atoms with Crippen molar-refractivity contribution in [3.8, 4) is 0 Å². The number of amides is 2. The highest BCUT2D eigenvalue weighted by Gasteiger charge is 2.23. The zero-order chi connectivity index (χ0) is 15.2. The van der Waals surface area contributed by atoms with Crippen molar-refractivity contribution in [2.45, 2.75) is 59.2 Å². The zero-order valence-electron chi connectivity index (χ0n) is 12.4. The minimum Gasteiger partial charge on any atom is -0.444 e. The lowest BCUT2D eigenvalue weighted by molar-refractivity contribution is -0.126. The van der Waals surface area contributed by atoms with Crippen LogP contribution in [0.25, 0.3) is 0 Å². The number of rotatable bonds is 5. The first-order chi connectivity index (χ1) is 8.56. The minimum atomic E-state index is -0.768. The van der Waals surface area contributed by atoms with Crippen LogP contribution in [-0.2, 0) is 14.3 Å². The molecule has 0 bridgehead atoms. The lowest BCUT2D eigenvalue weighted by Gasteiger charge is -2.23. The van der Waals surface area contributed by atoms with Gasteiger partial charge in [-0.2, -0.15) is 0 Å². The third-order valence-electron chi connectivity index (χ3n) is 2.30. The Bertz CT molecular complexity index is 334. The molecule has 0 aliphatic rings. The molecule has 0 spiro atoms. The molecule has 0 aromatic carbocycles. The van der Waals surface area contributed by atoms with Gasteiger partial charge >= 0.3 is 6.09 Å². The van der Waals surface area contributed by atoms with Crippen LogP contribution in [0.3, 0.4) is 0 Å². The molecule has 0 aliphatic carbocycles. The largest absolute Gasteiger partial charge is 0.444 e. The van der Waals surface area contributed by atoms with Crippen LogP contribution in [0.4, 0.5) is 4.79 Å². The number of carbonyl (C=O) groups is 3. The maximum absolute atomic E-state index is 11.8. The molecule has 0 aromatic heterocycles. The Morgan fingerprint density at radius 2 is 1.63 bits per heavy atom. The first-order valence-electron chi connectivity index (χ1n) is 6.32. The van der Waals surface area contributed by atoms with Crippen molar-refractivity contribution in [2.24, 2.45) is 5.92 Å². The number of hydrogen-bond acceptors (Lipinski definition) is 4. The number of carbonyl (C=O) groups excluding carboxylic acids is 3. The number of ether oxygens (including phenoxy) is 1. The molecule has 110 valence electrons. The maximum atomic E-state index is 11.8. The van der Waals surface area contributed by atoms with Crippen molar-refractivity contribution in [3.63, 3.8) is 0 Å². The molecule has 6 heteroatoms. The Labute approximate surface area is 114 Å². The van der Waals surface area contributed by atoms with E-state index in [4.69, 9.17) is 4.74 Å². The number of alkyl carbamates (subject to hydrolysis) is 1. The fourth-order valence-corrected chi connectivity index (χ4v) is 1.20. The van der Waals surface area contributed by atoms with Crippen LogP contribution < -0.4 is 10.6 Å². The molecular formula is C13H24N2O4.